The van der Waals surface area contributed by atoms with Crippen LogP contribution in [0, 0.1) is 0 Å². The van der Waals surface area contributed by atoms with Crippen molar-refractivity contribution >= 4 is 22.4 Å². The maximum atomic E-state index is 12.8. The van der Waals surface area contributed by atoms with E-state index in [0.717, 1.165) is 0 Å². The fraction of sp³-hybridized carbons (Fsp3) is 0.211. The summed E-state index contributed by atoms with van der Waals surface area (Å²) in [5.74, 6) is 0.0828. The number of esters is 1. The first-order chi connectivity index (χ1) is 13.2. The van der Waals surface area contributed by atoms with Crippen molar-refractivity contribution in [3.05, 3.63) is 70.5 Å². The van der Waals surface area contributed by atoms with Crippen LogP contribution in [-0.4, -0.2) is 37.0 Å². The molecular weight excluding hydrogens is 346 g/mol. The minimum absolute atomic E-state index is 0.00672. The Morgan fingerprint density at radius 3 is 2.63 bits per heavy atom. The molecule has 0 fully saturated rings. The van der Waals surface area contributed by atoms with E-state index in [-0.39, 0.29) is 24.5 Å². The van der Waals surface area contributed by atoms with Crippen LogP contribution in [0.3, 0.4) is 0 Å². The van der Waals surface area contributed by atoms with Gasteiger partial charge in [0, 0.05) is 11.6 Å². The van der Waals surface area contributed by atoms with E-state index in [4.69, 9.17) is 4.74 Å². The first-order valence-corrected chi connectivity index (χ1v) is 8.60. The molecule has 0 unspecified atom stereocenters. The summed E-state index contributed by atoms with van der Waals surface area (Å²) in [5.41, 5.74) is 0.928. The monoisotopic (exact) mass is 363 g/mol. The second-order valence-corrected chi connectivity index (χ2v) is 5.97. The molecule has 0 bridgehead atoms. The van der Waals surface area contributed by atoms with Crippen LogP contribution in [-0.2, 0) is 22.5 Å². The third-order valence-corrected chi connectivity index (χ3v) is 4.14. The van der Waals surface area contributed by atoms with Crippen molar-refractivity contribution in [2.24, 2.45) is 0 Å². The zero-order valence-electron chi connectivity index (χ0n) is 14.7. The fourth-order valence-corrected chi connectivity index (χ4v) is 2.97. The Morgan fingerprint density at radius 1 is 1.07 bits per heavy atom. The van der Waals surface area contributed by atoms with Gasteiger partial charge in [-0.05, 0) is 25.1 Å². The predicted molar refractivity (Wildman–Crippen MR) is 98.4 cm³/mol. The summed E-state index contributed by atoms with van der Waals surface area (Å²) in [7, 11) is 0. The highest BCUT2D eigenvalue weighted by Gasteiger charge is 2.15. The molecule has 4 aromatic rings. The largest absolute Gasteiger partial charge is 0.466 e. The van der Waals surface area contributed by atoms with Crippen LogP contribution in [0.1, 0.15) is 18.4 Å². The van der Waals surface area contributed by atoms with E-state index in [1.165, 1.54) is 4.68 Å². The van der Waals surface area contributed by atoms with Crippen LogP contribution >= 0.6 is 0 Å². The lowest BCUT2D eigenvalue weighted by molar-refractivity contribution is -0.142. The molecule has 136 valence electrons. The first kappa shape index (κ1) is 16.9. The molecule has 27 heavy (non-hydrogen) atoms. The molecule has 4 rings (SSSR count). The molecule has 0 saturated carbocycles. The van der Waals surface area contributed by atoms with Gasteiger partial charge in [0.05, 0.1) is 24.1 Å². The Labute approximate surface area is 154 Å². The molecule has 0 saturated heterocycles. The number of benzene rings is 1. The summed E-state index contributed by atoms with van der Waals surface area (Å²) < 4.78 is 7.97. The van der Waals surface area contributed by atoms with Gasteiger partial charge in [-0.1, -0.05) is 24.3 Å². The summed E-state index contributed by atoms with van der Waals surface area (Å²) in [6, 6.07) is 12.7. The Hall–Kier alpha value is -3.55. The first-order valence-electron chi connectivity index (χ1n) is 8.60. The Bertz CT molecular complexity index is 1160. The lowest BCUT2D eigenvalue weighted by atomic mass is 10.1. The lowest BCUT2D eigenvalue weighted by Crippen LogP contribution is -2.26. The van der Waals surface area contributed by atoms with Gasteiger partial charge in [-0.3, -0.25) is 9.59 Å². The summed E-state index contributed by atoms with van der Waals surface area (Å²) in [5, 5.41) is 9.91. The average Bonchev–Trinajstić information content (AvgIpc) is 3.08. The van der Waals surface area contributed by atoms with Gasteiger partial charge in [-0.2, -0.15) is 5.10 Å². The fourth-order valence-electron chi connectivity index (χ4n) is 2.97. The van der Waals surface area contributed by atoms with E-state index >= 15 is 0 Å². The van der Waals surface area contributed by atoms with Gasteiger partial charge in [0.2, 0.25) is 0 Å². The number of pyridine rings is 1. The normalized spacial score (nSPS) is 11.1. The standard InChI is InChI=1S/C19H17N5O3/c1-2-27-18(25)11-15-13-7-3-4-8-14(13)19(26)24(21-15)12-16-20-17-9-5-6-10-23(17)22-16/h3-10H,2,11-12H2,1H3. The maximum absolute atomic E-state index is 12.8. The molecule has 8 nitrogen and oxygen atoms in total. The Kier molecular flexibility index (Phi) is 4.37. The lowest BCUT2D eigenvalue weighted by Gasteiger charge is -2.09. The molecule has 0 N–H and O–H groups in total. The van der Waals surface area contributed by atoms with Crippen molar-refractivity contribution in [2.75, 3.05) is 6.61 Å². The molecule has 0 spiro atoms. The molecule has 3 aromatic heterocycles. The number of hydrogen-bond donors (Lipinski definition) is 0. The highest BCUT2D eigenvalue weighted by molar-refractivity contribution is 5.86. The number of nitrogens with zero attached hydrogens (tertiary/aromatic N) is 5. The Morgan fingerprint density at radius 2 is 1.85 bits per heavy atom. The molecule has 0 aliphatic heterocycles. The summed E-state index contributed by atoms with van der Waals surface area (Å²) in [4.78, 5) is 29.2. The molecule has 0 amide bonds. The van der Waals surface area contributed by atoms with Crippen molar-refractivity contribution in [2.45, 2.75) is 19.9 Å². The minimum Gasteiger partial charge on any atom is -0.466 e. The maximum Gasteiger partial charge on any atom is 0.311 e. The molecule has 0 radical (unpaired) electrons. The zero-order valence-corrected chi connectivity index (χ0v) is 14.7. The molecule has 0 aliphatic carbocycles. The van der Waals surface area contributed by atoms with Crippen molar-refractivity contribution in [3.8, 4) is 0 Å². The average molecular weight is 363 g/mol. The van der Waals surface area contributed by atoms with Gasteiger partial charge >= 0.3 is 5.97 Å². The number of fused-ring (bicyclic) bond motifs is 2. The van der Waals surface area contributed by atoms with Crippen molar-refractivity contribution in [1.29, 1.82) is 0 Å². The third kappa shape index (κ3) is 3.29. The van der Waals surface area contributed by atoms with E-state index in [9.17, 15) is 9.59 Å². The smallest absolute Gasteiger partial charge is 0.311 e. The van der Waals surface area contributed by atoms with Gasteiger partial charge in [-0.15, -0.1) is 5.10 Å². The van der Waals surface area contributed by atoms with Crippen LogP contribution in [0.15, 0.2) is 53.5 Å². The number of carbonyl (C=O) groups excluding carboxylic acids is 1. The topological polar surface area (TPSA) is 91.4 Å². The van der Waals surface area contributed by atoms with Crippen LogP contribution in [0.25, 0.3) is 16.4 Å². The van der Waals surface area contributed by atoms with E-state index in [1.54, 1.807) is 35.8 Å². The molecular formula is C19H17N5O3. The summed E-state index contributed by atoms with van der Waals surface area (Å²) in [6.45, 7) is 2.15. The molecule has 0 aliphatic rings. The molecule has 3 heterocycles. The molecule has 8 heteroatoms. The number of rotatable bonds is 5. The van der Waals surface area contributed by atoms with Gasteiger partial charge in [0.1, 0.15) is 6.54 Å². The summed E-state index contributed by atoms with van der Waals surface area (Å²) in [6.07, 6.45) is 1.78. The van der Waals surface area contributed by atoms with Gasteiger partial charge in [0.15, 0.2) is 11.5 Å². The van der Waals surface area contributed by atoms with E-state index in [2.05, 4.69) is 15.2 Å². The number of carbonyl (C=O) groups is 1. The van der Waals surface area contributed by atoms with Gasteiger partial charge in [-0.25, -0.2) is 14.2 Å². The summed E-state index contributed by atoms with van der Waals surface area (Å²) >= 11 is 0. The van der Waals surface area contributed by atoms with Crippen molar-refractivity contribution < 1.29 is 9.53 Å². The Balaban J connectivity index is 1.78. The molecule has 0 atom stereocenters. The third-order valence-electron chi connectivity index (χ3n) is 4.14. The van der Waals surface area contributed by atoms with Gasteiger partial charge < -0.3 is 4.74 Å². The quantitative estimate of drug-likeness (QED) is 0.500. The predicted octanol–water partition coefficient (Wildman–Crippen LogP) is 1.59. The zero-order chi connectivity index (χ0) is 18.8. The SMILES string of the molecule is CCOC(=O)Cc1nn(Cc2nc3ccccn3n2)c(=O)c2ccccc12. The van der Waals surface area contributed by atoms with Crippen LogP contribution in [0.4, 0.5) is 0 Å². The highest BCUT2D eigenvalue weighted by atomic mass is 16.5. The van der Waals surface area contributed by atoms with Gasteiger partial charge in [0.25, 0.3) is 5.56 Å². The molecule has 1 aromatic carbocycles. The number of ether oxygens (including phenoxy) is 1. The highest BCUT2D eigenvalue weighted by Crippen LogP contribution is 2.14. The second kappa shape index (κ2) is 6.99. The minimum atomic E-state index is -0.383. The van der Waals surface area contributed by atoms with Crippen molar-refractivity contribution in [1.82, 2.24) is 24.4 Å². The van der Waals surface area contributed by atoms with E-state index in [1.807, 2.05) is 24.3 Å². The van der Waals surface area contributed by atoms with Crippen molar-refractivity contribution in [3.63, 3.8) is 0 Å². The number of aromatic nitrogens is 5. The van der Waals surface area contributed by atoms with E-state index < -0.39 is 0 Å². The number of hydrogen-bond acceptors (Lipinski definition) is 6. The van der Waals surface area contributed by atoms with Crippen LogP contribution < -0.4 is 5.56 Å². The second-order valence-electron chi connectivity index (χ2n) is 5.97. The van der Waals surface area contributed by atoms with Crippen LogP contribution in [0.5, 0.6) is 0 Å². The van der Waals surface area contributed by atoms with Crippen LogP contribution in [0.2, 0.25) is 0 Å². The van der Waals surface area contributed by atoms with E-state index in [0.29, 0.717) is 34.5 Å².